The Morgan fingerprint density at radius 3 is 2.64 bits per heavy atom. The number of phenolic OH excluding ortho intramolecular Hbond substituents is 1. The van der Waals surface area contributed by atoms with Crippen molar-refractivity contribution in [1.29, 1.82) is 0 Å². The van der Waals surface area contributed by atoms with Gasteiger partial charge in [-0.05, 0) is 22.0 Å². The maximum absolute atomic E-state index is 12.7. The molecular weight excluding hydrogens is 215 g/mol. The predicted molar refractivity (Wildman–Crippen MR) is 42.3 cm³/mol. The van der Waals surface area contributed by atoms with Gasteiger partial charge in [-0.3, -0.25) is 0 Å². The number of methoxy groups -OCH3 is 1. The number of hydrogen-bond acceptors (Lipinski definition) is 2. The summed E-state index contributed by atoms with van der Waals surface area (Å²) in [5, 5.41) is 8.93. The minimum Gasteiger partial charge on any atom is -0.505 e. The van der Waals surface area contributed by atoms with E-state index in [9.17, 15) is 4.39 Å². The highest BCUT2D eigenvalue weighted by molar-refractivity contribution is 9.10. The highest BCUT2D eigenvalue weighted by Gasteiger charge is 2.07. The van der Waals surface area contributed by atoms with Gasteiger partial charge in [0.15, 0.2) is 11.6 Å². The van der Waals surface area contributed by atoms with Crippen LogP contribution in [0.3, 0.4) is 0 Å². The van der Waals surface area contributed by atoms with Gasteiger partial charge in [0.1, 0.15) is 5.75 Å². The summed E-state index contributed by atoms with van der Waals surface area (Å²) in [5.41, 5.74) is 0. The minimum atomic E-state index is -0.675. The van der Waals surface area contributed by atoms with E-state index in [0.29, 0.717) is 5.75 Å². The molecule has 1 aromatic carbocycles. The molecule has 0 atom stereocenters. The molecule has 0 aliphatic heterocycles. The molecule has 0 radical (unpaired) electrons. The molecule has 0 unspecified atom stereocenters. The summed E-state index contributed by atoms with van der Waals surface area (Å²) in [6.45, 7) is 0. The second-order valence-electron chi connectivity index (χ2n) is 1.94. The SMILES string of the molecule is COc1cc(O)c(F)c(Br)c1. The van der Waals surface area contributed by atoms with Gasteiger partial charge in [0.25, 0.3) is 0 Å². The van der Waals surface area contributed by atoms with Gasteiger partial charge in [-0.2, -0.15) is 0 Å². The normalized spacial score (nSPS) is 9.73. The van der Waals surface area contributed by atoms with Gasteiger partial charge in [-0.15, -0.1) is 0 Å². The molecule has 1 rings (SSSR count). The molecule has 2 nitrogen and oxygen atoms in total. The van der Waals surface area contributed by atoms with Crippen molar-refractivity contribution >= 4 is 15.9 Å². The monoisotopic (exact) mass is 220 g/mol. The first-order valence-corrected chi connectivity index (χ1v) is 3.66. The number of aromatic hydroxyl groups is 1. The van der Waals surface area contributed by atoms with Gasteiger partial charge < -0.3 is 9.84 Å². The van der Waals surface area contributed by atoms with E-state index in [2.05, 4.69) is 15.9 Å². The Balaban J connectivity index is 3.21. The first-order valence-electron chi connectivity index (χ1n) is 2.87. The number of rotatable bonds is 1. The zero-order valence-electron chi connectivity index (χ0n) is 5.77. The van der Waals surface area contributed by atoms with Gasteiger partial charge in [0, 0.05) is 6.07 Å². The molecule has 0 spiro atoms. The molecule has 0 fully saturated rings. The van der Waals surface area contributed by atoms with Gasteiger partial charge in [-0.25, -0.2) is 4.39 Å². The molecule has 60 valence electrons. The third-order valence-corrected chi connectivity index (χ3v) is 1.80. The van der Waals surface area contributed by atoms with Crippen LogP contribution in [-0.4, -0.2) is 12.2 Å². The second-order valence-corrected chi connectivity index (χ2v) is 2.80. The van der Waals surface area contributed by atoms with Crippen LogP contribution in [0.4, 0.5) is 4.39 Å². The minimum absolute atomic E-state index is 0.189. The zero-order chi connectivity index (χ0) is 8.43. The van der Waals surface area contributed by atoms with Crippen LogP contribution in [-0.2, 0) is 0 Å². The van der Waals surface area contributed by atoms with Crippen LogP contribution in [0.5, 0.6) is 11.5 Å². The number of halogens is 2. The first-order chi connectivity index (χ1) is 5.15. The van der Waals surface area contributed by atoms with Crippen molar-refractivity contribution in [3.63, 3.8) is 0 Å². The Labute approximate surface area is 71.7 Å². The topological polar surface area (TPSA) is 29.5 Å². The average Bonchev–Trinajstić information content (AvgIpc) is 1.99. The Hall–Kier alpha value is -0.770. The number of phenols is 1. The van der Waals surface area contributed by atoms with E-state index in [1.807, 2.05) is 0 Å². The Bertz CT molecular complexity index is 252. The lowest BCUT2D eigenvalue weighted by Crippen LogP contribution is -1.85. The van der Waals surface area contributed by atoms with Crippen LogP contribution in [0.1, 0.15) is 0 Å². The van der Waals surface area contributed by atoms with Gasteiger partial charge >= 0.3 is 0 Å². The molecule has 0 amide bonds. The van der Waals surface area contributed by atoms with E-state index in [1.54, 1.807) is 0 Å². The maximum Gasteiger partial charge on any atom is 0.179 e. The van der Waals surface area contributed by atoms with Gasteiger partial charge in [0.05, 0.1) is 11.6 Å². The summed E-state index contributed by atoms with van der Waals surface area (Å²) < 4.78 is 17.7. The lowest BCUT2D eigenvalue weighted by atomic mass is 10.3. The van der Waals surface area contributed by atoms with Crippen LogP contribution < -0.4 is 4.74 Å². The fourth-order valence-electron chi connectivity index (χ4n) is 0.668. The molecule has 0 aromatic heterocycles. The van der Waals surface area contributed by atoms with Crippen molar-refractivity contribution in [3.8, 4) is 11.5 Å². The van der Waals surface area contributed by atoms with Gasteiger partial charge in [-0.1, -0.05) is 0 Å². The standard InChI is InChI=1S/C7H6BrFO2/c1-11-4-2-5(8)7(9)6(10)3-4/h2-3,10H,1H3. The largest absolute Gasteiger partial charge is 0.505 e. The molecule has 0 aliphatic rings. The fourth-order valence-corrected chi connectivity index (χ4v) is 1.10. The van der Waals surface area contributed by atoms with Crippen LogP contribution in [0.15, 0.2) is 16.6 Å². The van der Waals surface area contributed by atoms with Crippen molar-refractivity contribution in [1.82, 2.24) is 0 Å². The molecule has 0 heterocycles. The molecule has 11 heavy (non-hydrogen) atoms. The molecule has 1 N–H and O–H groups in total. The van der Waals surface area contributed by atoms with Crippen molar-refractivity contribution < 1.29 is 14.2 Å². The lowest BCUT2D eigenvalue weighted by molar-refractivity contribution is 0.395. The maximum atomic E-state index is 12.7. The number of hydrogen-bond donors (Lipinski definition) is 1. The summed E-state index contributed by atoms with van der Waals surface area (Å²) in [6.07, 6.45) is 0. The Morgan fingerprint density at radius 2 is 2.18 bits per heavy atom. The van der Waals surface area contributed by atoms with E-state index in [0.717, 1.165) is 0 Å². The Morgan fingerprint density at radius 1 is 1.55 bits per heavy atom. The molecule has 1 aromatic rings. The molecule has 0 aliphatic carbocycles. The van der Waals surface area contributed by atoms with E-state index >= 15 is 0 Å². The van der Waals surface area contributed by atoms with Crippen LogP contribution in [0.2, 0.25) is 0 Å². The van der Waals surface area contributed by atoms with Crippen LogP contribution in [0, 0.1) is 5.82 Å². The quantitative estimate of drug-likeness (QED) is 0.788. The van der Waals surface area contributed by atoms with Crippen molar-refractivity contribution in [2.45, 2.75) is 0 Å². The highest BCUT2D eigenvalue weighted by Crippen LogP contribution is 2.29. The summed E-state index contributed by atoms with van der Waals surface area (Å²) in [6, 6.07) is 2.65. The van der Waals surface area contributed by atoms with E-state index < -0.39 is 11.6 Å². The number of benzene rings is 1. The number of ether oxygens (including phenoxy) is 1. The summed E-state index contributed by atoms with van der Waals surface area (Å²) in [5.74, 6) is -0.683. The molecule has 0 saturated heterocycles. The first kappa shape index (κ1) is 8.33. The third-order valence-electron chi connectivity index (χ3n) is 1.22. The highest BCUT2D eigenvalue weighted by atomic mass is 79.9. The molecule has 4 heteroatoms. The van der Waals surface area contributed by atoms with Crippen molar-refractivity contribution in [2.75, 3.05) is 7.11 Å². The second kappa shape index (κ2) is 3.09. The summed E-state index contributed by atoms with van der Waals surface area (Å²) in [7, 11) is 1.44. The Kier molecular flexibility index (Phi) is 2.34. The van der Waals surface area contributed by atoms with E-state index in [-0.39, 0.29) is 4.47 Å². The lowest BCUT2D eigenvalue weighted by Gasteiger charge is -2.02. The zero-order valence-corrected chi connectivity index (χ0v) is 7.35. The summed E-state index contributed by atoms with van der Waals surface area (Å²) in [4.78, 5) is 0. The predicted octanol–water partition coefficient (Wildman–Crippen LogP) is 2.30. The van der Waals surface area contributed by atoms with E-state index in [1.165, 1.54) is 19.2 Å². The van der Waals surface area contributed by atoms with E-state index in [4.69, 9.17) is 9.84 Å². The summed E-state index contributed by atoms with van der Waals surface area (Å²) >= 11 is 2.92. The van der Waals surface area contributed by atoms with Crippen molar-refractivity contribution in [3.05, 3.63) is 22.4 Å². The third kappa shape index (κ3) is 1.63. The van der Waals surface area contributed by atoms with Crippen LogP contribution in [0.25, 0.3) is 0 Å². The smallest absolute Gasteiger partial charge is 0.179 e. The molecule has 0 saturated carbocycles. The molecule has 0 bridgehead atoms. The average molecular weight is 221 g/mol. The van der Waals surface area contributed by atoms with Crippen LogP contribution >= 0.6 is 15.9 Å². The van der Waals surface area contributed by atoms with Crippen molar-refractivity contribution in [2.24, 2.45) is 0 Å². The fraction of sp³-hybridized carbons (Fsp3) is 0.143. The molecular formula is C7H6BrFO2. The van der Waals surface area contributed by atoms with Gasteiger partial charge in [0.2, 0.25) is 0 Å².